The van der Waals surface area contributed by atoms with Gasteiger partial charge in [-0.25, -0.2) is 0 Å². The third kappa shape index (κ3) is 5.37. The van der Waals surface area contributed by atoms with Gasteiger partial charge in [-0.3, -0.25) is 0 Å². The molecule has 0 amide bonds. The average Bonchev–Trinajstić information content (AvgIpc) is 2.65. The minimum atomic E-state index is 0.496. The first kappa shape index (κ1) is 16.3. The van der Waals surface area contributed by atoms with E-state index in [4.69, 9.17) is 0 Å². The molecule has 1 N–H and O–H groups in total. The Morgan fingerprint density at radius 3 is 2.35 bits per heavy atom. The zero-order chi connectivity index (χ0) is 14.4. The predicted molar refractivity (Wildman–Crippen MR) is 88.1 cm³/mol. The van der Waals surface area contributed by atoms with Crippen molar-refractivity contribution in [3.8, 4) is 0 Å². The Morgan fingerprint density at radius 1 is 0.900 bits per heavy atom. The first-order valence-corrected chi connectivity index (χ1v) is 9.01. The molecule has 0 aromatic rings. The Bertz CT molecular complexity index is 263. The molecule has 0 aromatic heterocycles. The third-order valence-corrected chi connectivity index (χ3v) is 5.51. The van der Waals surface area contributed by atoms with Gasteiger partial charge in [-0.1, -0.05) is 40.0 Å². The van der Waals surface area contributed by atoms with E-state index in [9.17, 15) is 0 Å². The molecule has 1 saturated carbocycles. The van der Waals surface area contributed by atoms with Gasteiger partial charge < -0.3 is 10.2 Å². The van der Waals surface area contributed by atoms with E-state index in [0.717, 1.165) is 12.0 Å². The summed E-state index contributed by atoms with van der Waals surface area (Å²) in [5, 5.41) is 3.79. The predicted octanol–water partition coefficient (Wildman–Crippen LogP) is 4.06. The zero-order valence-corrected chi connectivity index (χ0v) is 14.1. The summed E-state index contributed by atoms with van der Waals surface area (Å²) >= 11 is 0. The van der Waals surface area contributed by atoms with Crippen LogP contribution in [0.5, 0.6) is 0 Å². The first-order chi connectivity index (χ1) is 9.55. The summed E-state index contributed by atoms with van der Waals surface area (Å²) in [5.41, 5.74) is 0.496. The van der Waals surface area contributed by atoms with Crippen LogP contribution in [0.3, 0.4) is 0 Å². The Balaban J connectivity index is 1.64. The molecule has 0 aromatic carbocycles. The van der Waals surface area contributed by atoms with Crippen molar-refractivity contribution in [2.45, 2.75) is 78.2 Å². The van der Waals surface area contributed by atoms with E-state index in [1.165, 1.54) is 77.5 Å². The number of nitrogens with one attached hydrogen (secondary N) is 1. The van der Waals surface area contributed by atoms with Gasteiger partial charge in [0.15, 0.2) is 0 Å². The van der Waals surface area contributed by atoms with Crippen LogP contribution >= 0.6 is 0 Å². The summed E-state index contributed by atoms with van der Waals surface area (Å²) < 4.78 is 0. The number of rotatable bonds is 4. The summed E-state index contributed by atoms with van der Waals surface area (Å²) in [4.78, 5) is 2.70. The van der Waals surface area contributed by atoms with Gasteiger partial charge >= 0.3 is 0 Å². The number of hydrogen-bond donors (Lipinski definition) is 1. The average molecular weight is 280 g/mol. The minimum absolute atomic E-state index is 0.496. The maximum Gasteiger partial charge on any atom is 0.0107 e. The number of nitrogens with zero attached hydrogens (tertiary/aromatic N) is 1. The van der Waals surface area contributed by atoms with Crippen molar-refractivity contribution in [3.63, 3.8) is 0 Å². The normalized spacial score (nSPS) is 27.4. The van der Waals surface area contributed by atoms with E-state index < -0.39 is 0 Å². The maximum absolute atomic E-state index is 3.79. The largest absolute Gasteiger partial charge is 0.313 e. The second-order valence-electron chi connectivity index (χ2n) is 8.12. The monoisotopic (exact) mass is 280 g/mol. The van der Waals surface area contributed by atoms with Crippen LogP contribution in [-0.2, 0) is 0 Å². The summed E-state index contributed by atoms with van der Waals surface area (Å²) in [7, 11) is 0. The third-order valence-electron chi connectivity index (χ3n) is 5.51. The molecule has 0 spiro atoms. The van der Waals surface area contributed by atoms with Crippen molar-refractivity contribution < 1.29 is 0 Å². The fourth-order valence-electron chi connectivity index (χ4n) is 3.98. The SMILES string of the molecule is CC(C)(C)C1CCCN(CCNC2CCCCC2)CC1. The van der Waals surface area contributed by atoms with Crippen LogP contribution in [0.1, 0.15) is 72.1 Å². The molecule has 2 nitrogen and oxygen atoms in total. The van der Waals surface area contributed by atoms with Crippen LogP contribution < -0.4 is 5.32 Å². The molecule has 118 valence electrons. The van der Waals surface area contributed by atoms with E-state index >= 15 is 0 Å². The Labute approximate surface area is 126 Å². The van der Waals surface area contributed by atoms with Gasteiger partial charge in [0.25, 0.3) is 0 Å². The van der Waals surface area contributed by atoms with Gasteiger partial charge in [-0.2, -0.15) is 0 Å². The van der Waals surface area contributed by atoms with Crippen LogP contribution in [-0.4, -0.2) is 37.1 Å². The lowest BCUT2D eigenvalue weighted by molar-refractivity contribution is 0.207. The molecule has 2 heteroatoms. The molecule has 1 aliphatic heterocycles. The fourth-order valence-corrected chi connectivity index (χ4v) is 3.98. The molecule has 2 aliphatic rings. The molecule has 1 heterocycles. The molecular formula is C18H36N2. The summed E-state index contributed by atoms with van der Waals surface area (Å²) in [6, 6.07) is 0.818. The summed E-state index contributed by atoms with van der Waals surface area (Å²) in [5.74, 6) is 0.916. The van der Waals surface area contributed by atoms with Gasteiger partial charge in [0.1, 0.15) is 0 Å². The molecule has 2 rings (SSSR count). The Hall–Kier alpha value is -0.0800. The van der Waals surface area contributed by atoms with E-state index in [2.05, 4.69) is 31.0 Å². The summed E-state index contributed by atoms with van der Waals surface area (Å²) in [6.07, 6.45) is 11.4. The first-order valence-electron chi connectivity index (χ1n) is 9.01. The van der Waals surface area contributed by atoms with Crippen LogP contribution in [0.15, 0.2) is 0 Å². The zero-order valence-electron chi connectivity index (χ0n) is 14.1. The van der Waals surface area contributed by atoms with Crippen molar-refractivity contribution in [1.82, 2.24) is 10.2 Å². The minimum Gasteiger partial charge on any atom is -0.313 e. The molecule has 2 fully saturated rings. The Kier molecular flexibility index (Phi) is 6.35. The van der Waals surface area contributed by atoms with Crippen LogP contribution in [0, 0.1) is 11.3 Å². The molecule has 1 saturated heterocycles. The molecule has 1 aliphatic carbocycles. The second kappa shape index (κ2) is 7.79. The smallest absolute Gasteiger partial charge is 0.0107 e. The van der Waals surface area contributed by atoms with E-state index in [-0.39, 0.29) is 0 Å². The molecule has 0 bridgehead atoms. The topological polar surface area (TPSA) is 15.3 Å². The van der Waals surface area contributed by atoms with Crippen LogP contribution in [0.25, 0.3) is 0 Å². The second-order valence-corrected chi connectivity index (χ2v) is 8.12. The highest BCUT2D eigenvalue weighted by atomic mass is 15.1. The summed E-state index contributed by atoms with van der Waals surface area (Å²) in [6.45, 7) is 12.3. The van der Waals surface area contributed by atoms with Gasteiger partial charge in [0, 0.05) is 19.1 Å². The van der Waals surface area contributed by atoms with Gasteiger partial charge in [0.05, 0.1) is 0 Å². The fraction of sp³-hybridized carbons (Fsp3) is 1.00. The van der Waals surface area contributed by atoms with Crippen molar-refractivity contribution in [2.75, 3.05) is 26.2 Å². The lowest BCUT2D eigenvalue weighted by atomic mass is 9.77. The Morgan fingerprint density at radius 2 is 1.65 bits per heavy atom. The lowest BCUT2D eigenvalue weighted by Gasteiger charge is -2.30. The van der Waals surface area contributed by atoms with Crippen molar-refractivity contribution in [3.05, 3.63) is 0 Å². The lowest BCUT2D eigenvalue weighted by Crippen LogP contribution is -2.38. The molecule has 0 radical (unpaired) electrons. The standard InChI is InChI=1S/C18H36N2/c1-18(2,3)16-8-7-13-20(14-11-16)15-12-19-17-9-5-4-6-10-17/h16-17,19H,4-15H2,1-3H3. The highest BCUT2D eigenvalue weighted by Gasteiger charge is 2.26. The van der Waals surface area contributed by atoms with Gasteiger partial charge in [-0.15, -0.1) is 0 Å². The number of hydrogen-bond acceptors (Lipinski definition) is 2. The highest BCUT2D eigenvalue weighted by Crippen LogP contribution is 2.34. The van der Waals surface area contributed by atoms with Crippen LogP contribution in [0.2, 0.25) is 0 Å². The molecule has 1 atom stereocenters. The van der Waals surface area contributed by atoms with Crippen molar-refractivity contribution in [2.24, 2.45) is 11.3 Å². The number of likely N-dealkylation sites (tertiary alicyclic amines) is 1. The van der Waals surface area contributed by atoms with E-state index in [1.807, 2.05) is 0 Å². The van der Waals surface area contributed by atoms with Crippen molar-refractivity contribution in [1.29, 1.82) is 0 Å². The van der Waals surface area contributed by atoms with Gasteiger partial charge in [-0.05, 0) is 56.5 Å². The molecule has 1 unspecified atom stereocenters. The highest BCUT2D eigenvalue weighted by molar-refractivity contribution is 4.79. The van der Waals surface area contributed by atoms with Crippen molar-refractivity contribution >= 4 is 0 Å². The van der Waals surface area contributed by atoms with E-state index in [0.29, 0.717) is 5.41 Å². The molecule has 20 heavy (non-hydrogen) atoms. The van der Waals surface area contributed by atoms with E-state index in [1.54, 1.807) is 0 Å². The van der Waals surface area contributed by atoms with Crippen LogP contribution in [0.4, 0.5) is 0 Å². The van der Waals surface area contributed by atoms with Gasteiger partial charge in [0.2, 0.25) is 0 Å². The maximum atomic E-state index is 3.79. The quantitative estimate of drug-likeness (QED) is 0.835. The molecular weight excluding hydrogens is 244 g/mol.